The molecule has 5 nitrogen and oxygen atoms in total. The van der Waals surface area contributed by atoms with E-state index in [-0.39, 0.29) is 11.8 Å². The second-order valence-corrected chi connectivity index (χ2v) is 5.67. The van der Waals surface area contributed by atoms with E-state index in [1.54, 1.807) is 73.1 Å². The van der Waals surface area contributed by atoms with Crippen molar-refractivity contribution >= 4 is 34.8 Å². The molecule has 0 saturated carbocycles. The Kier molecular flexibility index (Phi) is 5.06. The quantitative estimate of drug-likeness (QED) is 0.738. The molecule has 0 spiro atoms. The van der Waals surface area contributed by atoms with Crippen molar-refractivity contribution in [1.82, 2.24) is 4.98 Å². The number of nitrogens with one attached hydrogen (secondary N) is 2. The molecule has 3 rings (SSSR count). The van der Waals surface area contributed by atoms with Crippen LogP contribution in [-0.2, 0) is 0 Å². The van der Waals surface area contributed by atoms with Crippen LogP contribution in [0.4, 0.5) is 11.4 Å². The van der Waals surface area contributed by atoms with Crippen LogP contribution in [0.1, 0.15) is 20.7 Å². The zero-order valence-electron chi connectivity index (χ0n) is 13.1. The number of halogens is 1. The average Bonchev–Trinajstić information content (AvgIpc) is 2.63. The van der Waals surface area contributed by atoms with Gasteiger partial charge in [0, 0.05) is 39.9 Å². The topological polar surface area (TPSA) is 71.1 Å². The van der Waals surface area contributed by atoms with E-state index in [9.17, 15) is 9.59 Å². The normalized spacial score (nSPS) is 10.1. The first-order valence-electron chi connectivity index (χ1n) is 7.50. The summed E-state index contributed by atoms with van der Waals surface area (Å²) >= 11 is 5.82. The van der Waals surface area contributed by atoms with Crippen LogP contribution in [0.25, 0.3) is 0 Å². The molecule has 124 valence electrons. The van der Waals surface area contributed by atoms with Crippen molar-refractivity contribution in [2.24, 2.45) is 0 Å². The Morgan fingerprint density at radius 1 is 0.760 bits per heavy atom. The van der Waals surface area contributed by atoms with Crippen LogP contribution in [0.15, 0.2) is 73.1 Å². The number of carbonyl (C=O) groups is 2. The molecule has 0 unspecified atom stereocenters. The molecule has 1 aromatic heterocycles. The highest BCUT2D eigenvalue weighted by molar-refractivity contribution is 6.30. The van der Waals surface area contributed by atoms with Gasteiger partial charge in [-0.05, 0) is 54.6 Å². The fourth-order valence-electron chi connectivity index (χ4n) is 2.19. The van der Waals surface area contributed by atoms with Crippen molar-refractivity contribution in [1.29, 1.82) is 0 Å². The molecule has 0 radical (unpaired) electrons. The number of pyridine rings is 1. The Hall–Kier alpha value is -3.18. The van der Waals surface area contributed by atoms with Crippen LogP contribution in [0.2, 0.25) is 5.02 Å². The van der Waals surface area contributed by atoms with Gasteiger partial charge in [-0.1, -0.05) is 17.7 Å². The number of hydrogen-bond donors (Lipinski definition) is 2. The predicted octanol–water partition coefficient (Wildman–Crippen LogP) is 4.24. The van der Waals surface area contributed by atoms with E-state index in [1.165, 1.54) is 0 Å². The first-order valence-corrected chi connectivity index (χ1v) is 7.88. The smallest absolute Gasteiger partial charge is 0.255 e. The lowest BCUT2D eigenvalue weighted by Gasteiger charge is -2.09. The molecule has 2 N–H and O–H groups in total. The van der Waals surface area contributed by atoms with Crippen molar-refractivity contribution in [3.63, 3.8) is 0 Å². The van der Waals surface area contributed by atoms with E-state index in [1.807, 2.05) is 0 Å². The van der Waals surface area contributed by atoms with Gasteiger partial charge in [-0.2, -0.15) is 0 Å². The molecule has 2 aromatic carbocycles. The molecular formula is C19H14ClN3O2. The minimum absolute atomic E-state index is 0.247. The van der Waals surface area contributed by atoms with Gasteiger partial charge in [-0.15, -0.1) is 0 Å². The van der Waals surface area contributed by atoms with Crippen LogP contribution in [0.5, 0.6) is 0 Å². The standard InChI is InChI=1S/C19H14ClN3O2/c20-15-6-4-13(5-7-15)18(24)22-16-2-1-3-17(12-16)23-19(25)14-8-10-21-11-9-14/h1-12H,(H,22,24)(H,23,25). The van der Waals surface area contributed by atoms with Crippen LogP contribution >= 0.6 is 11.6 Å². The van der Waals surface area contributed by atoms with E-state index < -0.39 is 0 Å². The number of hydrogen-bond acceptors (Lipinski definition) is 3. The Balaban J connectivity index is 1.70. The summed E-state index contributed by atoms with van der Waals surface area (Å²) in [4.78, 5) is 28.3. The Morgan fingerprint density at radius 3 is 1.84 bits per heavy atom. The first kappa shape index (κ1) is 16.7. The number of benzene rings is 2. The third-order valence-corrected chi connectivity index (χ3v) is 3.68. The minimum atomic E-state index is -0.255. The summed E-state index contributed by atoms with van der Waals surface area (Å²) in [6.45, 7) is 0. The van der Waals surface area contributed by atoms with Gasteiger partial charge in [0.25, 0.3) is 11.8 Å². The molecule has 0 aliphatic rings. The third kappa shape index (κ3) is 4.43. The van der Waals surface area contributed by atoms with Gasteiger partial charge in [0.1, 0.15) is 0 Å². The molecule has 1 heterocycles. The minimum Gasteiger partial charge on any atom is -0.322 e. The molecule has 0 atom stereocenters. The molecule has 6 heteroatoms. The second kappa shape index (κ2) is 7.59. The number of amides is 2. The molecule has 2 amide bonds. The van der Waals surface area contributed by atoms with E-state index >= 15 is 0 Å². The molecule has 0 aliphatic heterocycles. The van der Waals surface area contributed by atoms with Crippen molar-refractivity contribution in [2.75, 3.05) is 10.6 Å². The Morgan fingerprint density at radius 2 is 1.28 bits per heavy atom. The van der Waals surface area contributed by atoms with Crippen molar-refractivity contribution in [3.8, 4) is 0 Å². The largest absolute Gasteiger partial charge is 0.322 e. The molecule has 0 saturated heterocycles. The van der Waals surface area contributed by atoms with Crippen LogP contribution in [0.3, 0.4) is 0 Å². The summed E-state index contributed by atoms with van der Waals surface area (Å²) < 4.78 is 0. The predicted molar refractivity (Wildman–Crippen MR) is 98.0 cm³/mol. The molecule has 0 bridgehead atoms. The monoisotopic (exact) mass is 351 g/mol. The van der Waals surface area contributed by atoms with Gasteiger partial charge in [-0.3, -0.25) is 14.6 Å². The zero-order chi connectivity index (χ0) is 17.6. The lowest BCUT2D eigenvalue weighted by Crippen LogP contribution is -2.14. The molecule has 0 aliphatic carbocycles. The van der Waals surface area contributed by atoms with Crippen molar-refractivity contribution < 1.29 is 9.59 Å². The summed E-state index contributed by atoms with van der Waals surface area (Å²) in [5.41, 5.74) is 2.16. The van der Waals surface area contributed by atoms with Crippen LogP contribution < -0.4 is 10.6 Å². The number of rotatable bonds is 4. The third-order valence-electron chi connectivity index (χ3n) is 3.43. The summed E-state index contributed by atoms with van der Waals surface area (Å²) in [7, 11) is 0. The van der Waals surface area contributed by atoms with Gasteiger partial charge in [-0.25, -0.2) is 0 Å². The fourth-order valence-corrected chi connectivity index (χ4v) is 2.31. The van der Waals surface area contributed by atoms with E-state index in [2.05, 4.69) is 15.6 Å². The van der Waals surface area contributed by atoms with Gasteiger partial charge in [0.15, 0.2) is 0 Å². The zero-order valence-corrected chi connectivity index (χ0v) is 13.8. The SMILES string of the molecule is O=C(Nc1cccc(NC(=O)c2ccc(Cl)cc2)c1)c1ccncc1. The van der Waals surface area contributed by atoms with Gasteiger partial charge < -0.3 is 10.6 Å². The Bertz CT molecular complexity index is 896. The number of anilines is 2. The molecule has 25 heavy (non-hydrogen) atoms. The first-order chi connectivity index (χ1) is 12.1. The molecule has 3 aromatic rings. The summed E-state index contributed by atoms with van der Waals surface area (Å²) in [6, 6.07) is 16.8. The van der Waals surface area contributed by atoms with E-state index in [0.717, 1.165) is 0 Å². The molecule has 0 fully saturated rings. The maximum atomic E-state index is 12.2. The maximum Gasteiger partial charge on any atom is 0.255 e. The van der Waals surface area contributed by atoms with E-state index in [0.29, 0.717) is 27.5 Å². The highest BCUT2D eigenvalue weighted by Crippen LogP contribution is 2.17. The Labute approximate surface area is 149 Å². The molecular weight excluding hydrogens is 338 g/mol. The second-order valence-electron chi connectivity index (χ2n) is 5.23. The highest BCUT2D eigenvalue weighted by atomic mass is 35.5. The number of nitrogens with zero attached hydrogens (tertiary/aromatic N) is 1. The van der Waals surface area contributed by atoms with Crippen molar-refractivity contribution in [2.45, 2.75) is 0 Å². The van der Waals surface area contributed by atoms with Gasteiger partial charge in [0.05, 0.1) is 0 Å². The van der Waals surface area contributed by atoms with Gasteiger partial charge in [0.2, 0.25) is 0 Å². The summed E-state index contributed by atoms with van der Waals surface area (Å²) in [6.07, 6.45) is 3.11. The average molecular weight is 352 g/mol. The lowest BCUT2D eigenvalue weighted by atomic mass is 10.2. The van der Waals surface area contributed by atoms with Crippen LogP contribution in [-0.4, -0.2) is 16.8 Å². The van der Waals surface area contributed by atoms with E-state index in [4.69, 9.17) is 11.6 Å². The number of carbonyl (C=O) groups excluding carboxylic acids is 2. The summed E-state index contributed by atoms with van der Waals surface area (Å²) in [5.74, 6) is -0.502. The fraction of sp³-hybridized carbons (Fsp3) is 0. The van der Waals surface area contributed by atoms with Crippen LogP contribution in [0, 0.1) is 0 Å². The van der Waals surface area contributed by atoms with Gasteiger partial charge >= 0.3 is 0 Å². The highest BCUT2D eigenvalue weighted by Gasteiger charge is 2.08. The van der Waals surface area contributed by atoms with Crippen molar-refractivity contribution in [3.05, 3.63) is 89.2 Å². The lowest BCUT2D eigenvalue weighted by molar-refractivity contribution is 0.101. The maximum absolute atomic E-state index is 12.2. The summed E-state index contributed by atoms with van der Waals surface area (Å²) in [5, 5.41) is 6.14. The number of aromatic nitrogens is 1.